The Kier molecular flexibility index (Phi) is 6.69. The average molecular weight is 348 g/mol. The Morgan fingerprint density at radius 2 is 1.71 bits per heavy atom. The summed E-state index contributed by atoms with van der Waals surface area (Å²) in [6.07, 6.45) is 2.63. The number of nitrogens with zero attached hydrogens (tertiary/aromatic N) is 1. The van der Waals surface area contributed by atoms with Crippen molar-refractivity contribution in [1.29, 1.82) is 0 Å². The molecule has 3 heteroatoms. The molecule has 24 heavy (non-hydrogen) atoms. The maximum absolute atomic E-state index is 6.46. The van der Waals surface area contributed by atoms with E-state index in [1.54, 1.807) is 0 Å². The van der Waals surface area contributed by atoms with E-state index in [0.717, 1.165) is 19.1 Å². The number of piperidine rings is 1. The van der Waals surface area contributed by atoms with E-state index in [9.17, 15) is 0 Å². The summed E-state index contributed by atoms with van der Waals surface area (Å²) in [6, 6.07) is 10.9. The Hall–Kier alpha value is -0.643. The maximum atomic E-state index is 6.46. The molecule has 2 nitrogen and oxygen atoms in total. The smallest absolute Gasteiger partial charge is 0.191 e. The molecular weight excluding hydrogens is 310 g/mol. The van der Waals surface area contributed by atoms with Gasteiger partial charge in [0.05, 0.1) is 0 Å². The van der Waals surface area contributed by atoms with Crippen LogP contribution in [-0.4, -0.2) is 32.9 Å². The van der Waals surface area contributed by atoms with Gasteiger partial charge in [0.25, 0.3) is 0 Å². The molecule has 0 N–H and O–H groups in total. The van der Waals surface area contributed by atoms with Crippen molar-refractivity contribution in [1.82, 2.24) is 4.90 Å². The highest BCUT2D eigenvalue weighted by molar-refractivity contribution is 6.74. The quantitative estimate of drug-likeness (QED) is 0.625. The lowest BCUT2D eigenvalue weighted by molar-refractivity contribution is 0.115. The second-order valence-electron chi connectivity index (χ2n) is 9.15. The molecule has 136 valence electrons. The van der Waals surface area contributed by atoms with E-state index < -0.39 is 8.32 Å². The van der Waals surface area contributed by atoms with E-state index in [1.165, 1.54) is 31.5 Å². The highest BCUT2D eigenvalue weighted by Gasteiger charge is 2.38. The summed E-state index contributed by atoms with van der Waals surface area (Å²) in [4.78, 5) is 2.60. The number of rotatable bonds is 6. The van der Waals surface area contributed by atoms with Gasteiger partial charge < -0.3 is 4.43 Å². The van der Waals surface area contributed by atoms with Crippen LogP contribution in [-0.2, 0) is 11.0 Å². The SMILES string of the molecule is CC(CO[Si](C)(C)C(C)(C)C)C1CCN(Cc2ccccc2)CC1. The zero-order chi connectivity index (χ0) is 17.8. The van der Waals surface area contributed by atoms with Crippen LogP contribution in [0.1, 0.15) is 46.1 Å². The minimum Gasteiger partial charge on any atom is -0.417 e. The molecule has 1 atom stereocenters. The van der Waals surface area contributed by atoms with Gasteiger partial charge in [-0.3, -0.25) is 4.90 Å². The third-order valence-electron chi connectivity index (χ3n) is 6.20. The van der Waals surface area contributed by atoms with Gasteiger partial charge in [0.15, 0.2) is 8.32 Å². The van der Waals surface area contributed by atoms with Crippen LogP contribution in [0.3, 0.4) is 0 Å². The van der Waals surface area contributed by atoms with Crippen LogP contribution < -0.4 is 0 Å². The first kappa shape index (κ1) is 19.7. The monoisotopic (exact) mass is 347 g/mol. The van der Waals surface area contributed by atoms with Crippen molar-refractivity contribution < 1.29 is 4.43 Å². The van der Waals surface area contributed by atoms with Gasteiger partial charge in [-0.25, -0.2) is 0 Å². The Bertz CT molecular complexity index is 486. The van der Waals surface area contributed by atoms with Gasteiger partial charge >= 0.3 is 0 Å². The van der Waals surface area contributed by atoms with E-state index in [4.69, 9.17) is 4.43 Å². The van der Waals surface area contributed by atoms with Gasteiger partial charge in [0.2, 0.25) is 0 Å². The van der Waals surface area contributed by atoms with Crippen molar-refractivity contribution in [3.63, 3.8) is 0 Å². The predicted octanol–water partition coefficient (Wildman–Crippen LogP) is 5.56. The molecule has 0 saturated carbocycles. The van der Waals surface area contributed by atoms with Gasteiger partial charge in [0, 0.05) is 13.2 Å². The molecule has 1 fully saturated rings. The number of likely N-dealkylation sites (tertiary alicyclic amines) is 1. The van der Waals surface area contributed by atoms with E-state index in [1.807, 2.05) is 0 Å². The first-order valence-electron chi connectivity index (χ1n) is 9.59. The number of benzene rings is 1. The molecular formula is C21H37NOSi. The second-order valence-corrected chi connectivity index (χ2v) is 14.0. The fourth-order valence-corrected chi connectivity index (χ4v) is 4.33. The molecule has 0 aliphatic carbocycles. The summed E-state index contributed by atoms with van der Waals surface area (Å²) >= 11 is 0. The van der Waals surface area contributed by atoms with Crippen LogP contribution in [0, 0.1) is 11.8 Å². The number of hydrogen-bond acceptors (Lipinski definition) is 2. The Balaban J connectivity index is 1.75. The lowest BCUT2D eigenvalue weighted by Crippen LogP contribution is -2.43. The van der Waals surface area contributed by atoms with Gasteiger partial charge in [0.1, 0.15) is 0 Å². The summed E-state index contributed by atoms with van der Waals surface area (Å²) in [5, 5.41) is 0.311. The normalized spacial score (nSPS) is 19.4. The van der Waals surface area contributed by atoms with Crippen LogP contribution in [0.2, 0.25) is 18.1 Å². The fraction of sp³-hybridized carbons (Fsp3) is 0.714. The van der Waals surface area contributed by atoms with E-state index >= 15 is 0 Å². The molecule has 0 radical (unpaired) electrons. The summed E-state index contributed by atoms with van der Waals surface area (Å²) in [7, 11) is -1.61. The molecule has 0 aromatic heterocycles. The van der Waals surface area contributed by atoms with Crippen LogP contribution in [0.15, 0.2) is 30.3 Å². The lowest BCUT2D eigenvalue weighted by Gasteiger charge is -2.39. The zero-order valence-electron chi connectivity index (χ0n) is 16.6. The second kappa shape index (κ2) is 8.16. The van der Waals surface area contributed by atoms with Gasteiger partial charge in [-0.2, -0.15) is 0 Å². The summed E-state index contributed by atoms with van der Waals surface area (Å²) < 4.78 is 6.46. The minimum atomic E-state index is -1.61. The van der Waals surface area contributed by atoms with Crippen molar-refractivity contribution in [3.05, 3.63) is 35.9 Å². The third-order valence-corrected chi connectivity index (χ3v) is 10.7. The lowest BCUT2D eigenvalue weighted by atomic mass is 9.86. The molecule has 1 aromatic carbocycles. The van der Waals surface area contributed by atoms with Crippen molar-refractivity contribution >= 4 is 8.32 Å². The van der Waals surface area contributed by atoms with Crippen LogP contribution >= 0.6 is 0 Å². The van der Waals surface area contributed by atoms with Crippen LogP contribution in [0.5, 0.6) is 0 Å². The fourth-order valence-electron chi connectivity index (χ4n) is 3.21. The van der Waals surface area contributed by atoms with Crippen LogP contribution in [0.25, 0.3) is 0 Å². The van der Waals surface area contributed by atoms with Crippen molar-refractivity contribution in [3.8, 4) is 0 Å². The standard InChI is InChI=1S/C21H37NOSi/c1-18(17-23-24(5,6)21(2,3)4)20-12-14-22(15-13-20)16-19-10-8-7-9-11-19/h7-11,18,20H,12-17H2,1-6H3. The Morgan fingerprint density at radius 1 is 1.12 bits per heavy atom. The third kappa shape index (κ3) is 5.43. The first-order valence-corrected chi connectivity index (χ1v) is 12.5. The first-order chi connectivity index (χ1) is 11.2. The largest absolute Gasteiger partial charge is 0.417 e. The molecule has 0 amide bonds. The predicted molar refractivity (Wildman–Crippen MR) is 107 cm³/mol. The van der Waals surface area contributed by atoms with Gasteiger partial charge in [-0.05, 0) is 61.5 Å². The molecule has 1 heterocycles. The Labute approximate surface area is 150 Å². The molecule has 1 aliphatic heterocycles. The van der Waals surface area contributed by atoms with Crippen LogP contribution in [0.4, 0.5) is 0 Å². The summed E-state index contributed by atoms with van der Waals surface area (Å²) in [5.41, 5.74) is 1.44. The molecule has 1 aliphatic rings. The van der Waals surface area contributed by atoms with E-state index in [2.05, 4.69) is 76.0 Å². The maximum Gasteiger partial charge on any atom is 0.191 e. The Morgan fingerprint density at radius 3 is 2.25 bits per heavy atom. The van der Waals surface area contributed by atoms with Crippen molar-refractivity contribution in [2.45, 2.75) is 65.2 Å². The molecule has 2 rings (SSSR count). The molecule has 1 saturated heterocycles. The van der Waals surface area contributed by atoms with Gasteiger partial charge in [-0.15, -0.1) is 0 Å². The zero-order valence-corrected chi connectivity index (χ0v) is 17.6. The molecule has 1 unspecified atom stereocenters. The average Bonchev–Trinajstić information content (AvgIpc) is 2.53. The molecule has 1 aromatic rings. The van der Waals surface area contributed by atoms with Gasteiger partial charge in [-0.1, -0.05) is 58.0 Å². The summed E-state index contributed by atoms with van der Waals surface area (Å²) in [6.45, 7) is 18.6. The summed E-state index contributed by atoms with van der Waals surface area (Å²) in [5.74, 6) is 1.50. The highest BCUT2D eigenvalue weighted by Crippen LogP contribution is 2.37. The van der Waals surface area contributed by atoms with Crippen molar-refractivity contribution in [2.24, 2.45) is 11.8 Å². The number of hydrogen-bond donors (Lipinski definition) is 0. The molecule has 0 spiro atoms. The van der Waals surface area contributed by atoms with E-state index in [0.29, 0.717) is 11.0 Å². The minimum absolute atomic E-state index is 0.311. The highest BCUT2D eigenvalue weighted by atomic mass is 28.4. The van der Waals surface area contributed by atoms with Crippen molar-refractivity contribution in [2.75, 3.05) is 19.7 Å². The molecule has 0 bridgehead atoms. The van der Waals surface area contributed by atoms with E-state index in [-0.39, 0.29) is 0 Å². The topological polar surface area (TPSA) is 12.5 Å².